The van der Waals surface area contributed by atoms with Crippen molar-refractivity contribution in [1.29, 1.82) is 0 Å². The Hall–Kier alpha value is -3.33. The lowest BCUT2D eigenvalue weighted by Gasteiger charge is -2.43. The number of allylic oxidation sites excluding steroid dienone is 2. The Labute approximate surface area is 179 Å². The van der Waals surface area contributed by atoms with Gasteiger partial charge in [-0.05, 0) is 30.7 Å². The smallest absolute Gasteiger partial charge is 0.309 e. The number of halogens is 2. The molecule has 3 aliphatic carbocycles. The van der Waals surface area contributed by atoms with E-state index in [1.807, 2.05) is 6.08 Å². The van der Waals surface area contributed by atoms with E-state index in [0.717, 1.165) is 12.8 Å². The zero-order valence-corrected chi connectivity index (χ0v) is 16.8. The van der Waals surface area contributed by atoms with Gasteiger partial charge in [0.05, 0.1) is 27.8 Å². The molecule has 156 valence electrons. The molecule has 4 heterocycles. The number of nitrogens with zero attached hydrogens (tertiary/aromatic N) is 5. The van der Waals surface area contributed by atoms with Gasteiger partial charge in [0.25, 0.3) is 0 Å². The molecule has 4 aromatic heterocycles. The Balaban J connectivity index is 1.54. The van der Waals surface area contributed by atoms with Gasteiger partial charge in [-0.3, -0.25) is 9.89 Å². The van der Waals surface area contributed by atoms with Crippen LogP contribution >= 0.6 is 11.6 Å². The zero-order valence-electron chi connectivity index (χ0n) is 16.0. The molecule has 8 nitrogen and oxygen atoms in total. The second-order valence-electron chi connectivity index (χ2n) is 8.08. The molecule has 4 atom stereocenters. The van der Waals surface area contributed by atoms with Crippen LogP contribution in [0.1, 0.15) is 18.9 Å². The van der Waals surface area contributed by atoms with Crippen molar-refractivity contribution in [2.24, 2.45) is 17.8 Å². The minimum absolute atomic E-state index is 0.00809. The Morgan fingerprint density at radius 2 is 2.00 bits per heavy atom. The second-order valence-corrected chi connectivity index (χ2v) is 8.52. The predicted molar refractivity (Wildman–Crippen MR) is 111 cm³/mol. The number of aromatic amines is 1. The molecule has 3 aliphatic rings. The third-order valence-corrected chi connectivity index (χ3v) is 6.64. The molecule has 10 heteroatoms. The summed E-state index contributed by atoms with van der Waals surface area (Å²) in [6.07, 6.45) is 9.99. The Morgan fingerprint density at radius 3 is 2.77 bits per heavy atom. The van der Waals surface area contributed by atoms with Gasteiger partial charge in [0.2, 0.25) is 0 Å². The van der Waals surface area contributed by atoms with Gasteiger partial charge >= 0.3 is 5.97 Å². The molecule has 4 aromatic rings. The normalized spacial score (nSPS) is 25.0. The molecule has 0 radical (unpaired) electrons. The van der Waals surface area contributed by atoms with E-state index in [2.05, 4.69) is 31.2 Å². The number of fused-ring (bicyclic) bond motifs is 4. The third-order valence-electron chi connectivity index (χ3n) is 6.43. The fraction of sp³-hybridized carbons (Fsp3) is 0.286. The number of hydrogen-bond donors (Lipinski definition) is 2. The van der Waals surface area contributed by atoms with Gasteiger partial charge in [-0.1, -0.05) is 23.8 Å². The van der Waals surface area contributed by atoms with E-state index in [-0.39, 0.29) is 23.0 Å². The number of aromatic nitrogens is 6. The Bertz CT molecular complexity index is 1400. The van der Waals surface area contributed by atoms with E-state index < -0.39 is 23.7 Å². The number of carboxylic acids is 1. The van der Waals surface area contributed by atoms with Crippen LogP contribution in [0.3, 0.4) is 0 Å². The number of nitrogens with one attached hydrogen (secondary N) is 1. The number of hydrogen-bond acceptors (Lipinski definition) is 5. The van der Waals surface area contributed by atoms with E-state index in [0.29, 0.717) is 27.4 Å². The van der Waals surface area contributed by atoms with Crippen molar-refractivity contribution in [1.82, 2.24) is 29.7 Å². The van der Waals surface area contributed by atoms with E-state index in [1.54, 1.807) is 10.6 Å². The largest absolute Gasteiger partial charge is 0.481 e. The van der Waals surface area contributed by atoms with E-state index in [4.69, 9.17) is 11.6 Å². The van der Waals surface area contributed by atoms with Crippen LogP contribution in [0.25, 0.3) is 33.6 Å². The first-order chi connectivity index (χ1) is 15.0. The molecule has 0 aliphatic heterocycles. The number of carbonyl (C=O) groups is 1. The number of carboxylic acid groups (broad SMARTS) is 1. The Kier molecular flexibility index (Phi) is 3.92. The van der Waals surface area contributed by atoms with Gasteiger partial charge in [0.1, 0.15) is 11.3 Å². The third kappa shape index (κ3) is 2.69. The van der Waals surface area contributed by atoms with Crippen LogP contribution in [0.4, 0.5) is 4.39 Å². The molecule has 31 heavy (non-hydrogen) atoms. The van der Waals surface area contributed by atoms with Gasteiger partial charge in [-0.25, -0.2) is 19.3 Å². The summed E-state index contributed by atoms with van der Waals surface area (Å²) in [7, 11) is 0. The van der Waals surface area contributed by atoms with Crippen molar-refractivity contribution < 1.29 is 14.3 Å². The summed E-state index contributed by atoms with van der Waals surface area (Å²) in [5.41, 5.74) is 1.33. The minimum Gasteiger partial charge on any atom is -0.481 e. The summed E-state index contributed by atoms with van der Waals surface area (Å²) < 4.78 is 16.5. The minimum atomic E-state index is -0.875. The van der Waals surface area contributed by atoms with Crippen molar-refractivity contribution in [3.63, 3.8) is 0 Å². The highest BCUT2D eigenvalue weighted by Crippen LogP contribution is 2.48. The highest BCUT2D eigenvalue weighted by atomic mass is 35.5. The first kappa shape index (κ1) is 18.4. The van der Waals surface area contributed by atoms with Crippen LogP contribution in [0.15, 0.2) is 36.8 Å². The molecule has 1 saturated carbocycles. The van der Waals surface area contributed by atoms with Crippen molar-refractivity contribution in [3.8, 4) is 11.5 Å². The number of rotatable bonds is 3. The average molecular weight is 439 g/mol. The monoisotopic (exact) mass is 438 g/mol. The van der Waals surface area contributed by atoms with Crippen LogP contribution in [0.5, 0.6) is 0 Å². The molecule has 0 saturated heterocycles. The van der Waals surface area contributed by atoms with Gasteiger partial charge in [-0.2, -0.15) is 5.10 Å². The van der Waals surface area contributed by atoms with Gasteiger partial charge < -0.3 is 9.67 Å². The predicted octanol–water partition coefficient (Wildman–Crippen LogP) is 4.00. The molecule has 4 unspecified atom stereocenters. The molecular formula is C21H16ClFN6O2. The highest BCUT2D eigenvalue weighted by Gasteiger charge is 2.46. The molecule has 1 fully saturated rings. The summed E-state index contributed by atoms with van der Waals surface area (Å²) in [4.78, 5) is 25.2. The molecule has 2 bridgehead atoms. The van der Waals surface area contributed by atoms with Gasteiger partial charge in [0.15, 0.2) is 17.3 Å². The maximum atomic E-state index is 14.8. The molecule has 0 amide bonds. The first-order valence-corrected chi connectivity index (χ1v) is 10.3. The van der Waals surface area contributed by atoms with Gasteiger partial charge in [0, 0.05) is 18.6 Å². The molecule has 7 rings (SSSR count). The number of H-pyrrole nitrogens is 1. The fourth-order valence-electron chi connectivity index (χ4n) is 5.06. The standard InChI is InChI=1S/C21H16ClFN6O2/c22-11-5-12-16(27-28-18(12)24-6-11)19-25-7-13-14(23)8-29(20(13)26-19)17-10-3-1-9(2-4-10)15(17)21(30)31/h1,3,5-10,15,17H,2,4H2,(H,30,31)(H,24,27,28). The van der Waals surface area contributed by atoms with Crippen molar-refractivity contribution >= 4 is 39.6 Å². The van der Waals surface area contributed by atoms with Crippen LogP contribution in [-0.4, -0.2) is 40.8 Å². The van der Waals surface area contributed by atoms with Crippen LogP contribution in [0, 0.1) is 23.6 Å². The lowest BCUT2D eigenvalue weighted by atomic mass is 9.65. The highest BCUT2D eigenvalue weighted by molar-refractivity contribution is 6.31. The second kappa shape index (κ2) is 6.58. The van der Waals surface area contributed by atoms with Crippen molar-refractivity contribution in [2.45, 2.75) is 18.9 Å². The molecule has 2 N–H and O–H groups in total. The molecular weight excluding hydrogens is 423 g/mol. The lowest BCUT2D eigenvalue weighted by molar-refractivity contribution is -0.147. The zero-order chi connectivity index (χ0) is 21.3. The van der Waals surface area contributed by atoms with Crippen LogP contribution < -0.4 is 0 Å². The maximum Gasteiger partial charge on any atom is 0.309 e. The van der Waals surface area contributed by atoms with Crippen LogP contribution in [0.2, 0.25) is 5.02 Å². The lowest BCUT2D eigenvalue weighted by Crippen LogP contribution is -2.42. The van der Waals surface area contributed by atoms with E-state index >= 15 is 0 Å². The van der Waals surface area contributed by atoms with E-state index in [9.17, 15) is 14.3 Å². The van der Waals surface area contributed by atoms with Crippen LogP contribution in [-0.2, 0) is 4.79 Å². The summed E-state index contributed by atoms with van der Waals surface area (Å²) in [5.74, 6) is -1.77. The summed E-state index contributed by atoms with van der Waals surface area (Å²) in [5, 5.41) is 18.3. The fourth-order valence-corrected chi connectivity index (χ4v) is 5.21. The Morgan fingerprint density at radius 1 is 1.19 bits per heavy atom. The topological polar surface area (TPSA) is 110 Å². The van der Waals surface area contributed by atoms with Crippen molar-refractivity contribution in [3.05, 3.63) is 47.6 Å². The first-order valence-electron chi connectivity index (χ1n) is 9.95. The number of aliphatic carboxylic acids is 1. The van der Waals surface area contributed by atoms with E-state index in [1.165, 1.54) is 18.6 Å². The molecule has 0 spiro atoms. The van der Waals surface area contributed by atoms with Gasteiger partial charge in [-0.15, -0.1) is 0 Å². The average Bonchev–Trinajstić information content (AvgIpc) is 3.34. The molecule has 0 aromatic carbocycles. The summed E-state index contributed by atoms with van der Waals surface area (Å²) >= 11 is 6.08. The summed E-state index contributed by atoms with van der Waals surface area (Å²) in [6.45, 7) is 0. The summed E-state index contributed by atoms with van der Waals surface area (Å²) in [6, 6.07) is 1.30. The number of pyridine rings is 1. The maximum absolute atomic E-state index is 14.8. The quantitative estimate of drug-likeness (QED) is 0.468. The van der Waals surface area contributed by atoms with Crippen molar-refractivity contribution in [2.75, 3.05) is 0 Å². The SMILES string of the molecule is O=C(O)C1C2C=CC(CC2)C1n1cc(F)c2cnc(-c3n[nH]c4ncc(Cl)cc34)nc21.